The lowest BCUT2D eigenvalue weighted by Crippen LogP contribution is -2.49. The molecule has 1 aliphatic rings. The van der Waals surface area contributed by atoms with Gasteiger partial charge >= 0.3 is 0 Å². The van der Waals surface area contributed by atoms with Crippen LogP contribution in [0.3, 0.4) is 0 Å². The molecule has 1 fully saturated rings. The van der Waals surface area contributed by atoms with Gasteiger partial charge in [0.1, 0.15) is 0 Å². The first-order valence-corrected chi connectivity index (χ1v) is 12.1. The fourth-order valence-electron chi connectivity index (χ4n) is 3.67. The number of rotatable bonds is 11. The first-order valence-electron chi connectivity index (χ1n) is 10.7. The summed E-state index contributed by atoms with van der Waals surface area (Å²) in [4.78, 5) is 4.87. The van der Waals surface area contributed by atoms with Crippen molar-refractivity contribution >= 4 is 15.9 Å². The van der Waals surface area contributed by atoms with Crippen LogP contribution in [0.4, 0.5) is 5.69 Å². The van der Waals surface area contributed by atoms with Crippen molar-refractivity contribution in [2.45, 2.75) is 53.0 Å². The van der Waals surface area contributed by atoms with Crippen molar-refractivity contribution in [2.75, 3.05) is 50.7 Å². The molecule has 0 spiro atoms. The zero-order valence-electron chi connectivity index (χ0n) is 18.0. The van der Waals surface area contributed by atoms with Crippen LogP contribution in [0.25, 0.3) is 0 Å². The molecule has 1 aromatic rings. The van der Waals surface area contributed by atoms with Gasteiger partial charge in [0.15, 0.2) is 0 Å². The van der Waals surface area contributed by atoms with Gasteiger partial charge < -0.3 is 4.90 Å². The number of nitrogens with one attached hydrogen (secondary N) is 1. The molecule has 0 radical (unpaired) electrons. The van der Waals surface area contributed by atoms with E-state index in [0.717, 1.165) is 52.0 Å². The number of anilines is 1. The Kier molecular flexibility index (Phi) is 9.21. The summed E-state index contributed by atoms with van der Waals surface area (Å²) in [5.41, 5.74) is 2.59. The molecule has 6 nitrogen and oxygen atoms in total. The van der Waals surface area contributed by atoms with E-state index in [-0.39, 0.29) is 6.04 Å². The van der Waals surface area contributed by atoms with Crippen molar-refractivity contribution in [2.24, 2.45) is 0 Å². The molecule has 160 valence electrons. The lowest BCUT2D eigenvalue weighted by atomic mass is 10.2. The van der Waals surface area contributed by atoms with E-state index < -0.39 is 10.2 Å². The van der Waals surface area contributed by atoms with Gasteiger partial charge in [-0.15, -0.1) is 0 Å². The molecule has 1 saturated heterocycles. The van der Waals surface area contributed by atoms with E-state index in [1.807, 2.05) is 20.8 Å². The van der Waals surface area contributed by atoms with Gasteiger partial charge in [0, 0.05) is 51.0 Å². The molecule has 1 atom stereocenters. The summed E-state index contributed by atoms with van der Waals surface area (Å²) in [6.07, 6.45) is 2.50. The molecule has 0 saturated carbocycles. The molecule has 0 amide bonds. The summed E-state index contributed by atoms with van der Waals surface area (Å²) in [6.45, 7) is 14.3. The maximum absolute atomic E-state index is 12.6. The summed E-state index contributed by atoms with van der Waals surface area (Å²) >= 11 is 0. The van der Waals surface area contributed by atoms with Gasteiger partial charge in [-0.2, -0.15) is 17.4 Å². The van der Waals surface area contributed by atoms with Crippen LogP contribution in [0.15, 0.2) is 24.3 Å². The second kappa shape index (κ2) is 11.1. The first kappa shape index (κ1) is 23.1. The maximum Gasteiger partial charge on any atom is 0.279 e. The number of benzene rings is 1. The van der Waals surface area contributed by atoms with E-state index in [4.69, 9.17) is 0 Å². The number of nitrogens with zero attached hydrogens (tertiary/aromatic N) is 3. The van der Waals surface area contributed by atoms with Crippen LogP contribution >= 0.6 is 0 Å². The number of piperazine rings is 1. The highest BCUT2D eigenvalue weighted by atomic mass is 32.2. The molecule has 0 aromatic heterocycles. The molecule has 1 aromatic carbocycles. The van der Waals surface area contributed by atoms with Crippen molar-refractivity contribution < 1.29 is 8.42 Å². The van der Waals surface area contributed by atoms with Crippen LogP contribution in [0.2, 0.25) is 0 Å². The summed E-state index contributed by atoms with van der Waals surface area (Å²) in [6, 6.07) is 8.61. The lowest BCUT2D eigenvalue weighted by molar-refractivity contribution is 0.247. The predicted octanol–water partition coefficient (Wildman–Crippen LogP) is 2.85. The summed E-state index contributed by atoms with van der Waals surface area (Å²) in [5.74, 6) is 0. The van der Waals surface area contributed by atoms with Crippen LogP contribution in [0, 0.1) is 6.92 Å². The summed E-state index contributed by atoms with van der Waals surface area (Å²) in [7, 11) is -3.39. The van der Waals surface area contributed by atoms with Gasteiger partial charge in [0.2, 0.25) is 0 Å². The van der Waals surface area contributed by atoms with Crippen molar-refractivity contribution in [3.8, 4) is 0 Å². The van der Waals surface area contributed by atoms with Crippen LogP contribution < -0.4 is 9.62 Å². The van der Waals surface area contributed by atoms with E-state index in [2.05, 4.69) is 45.7 Å². The number of aryl methyl sites for hydroxylation is 1. The van der Waals surface area contributed by atoms with Gasteiger partial charge in [0.25, 0.3) is 10.2 Å². The van der Waals surface area contributed by atoms with Crippen LogP contribution in [-0.2, 0) is 10.2 Å². The van der Waals surface area contributed by atoms with Gasteiger partial charge in [-0.05, 0) is 57.4 Å². The van der Waals surface area contributed by atoms with E-state index >= 15 is 0 Å². The SMILES string of the molecule is CCCN(CCC)S(=O)(=O)NC(C)CCN1CCN(c2cccc(C)c2)CC1. The minimum absolute atomic E-state index is 0.0592. The molecule has 7 heteroatoms. The fraction of sp³-hybridized carbons (Fsp3) is 0.714. The minimum atomic E-state index is -3.39. The molecular weight excluding hydrogens is 372 g/mol. The average molecular weight is 411 g/mol. The second-order valence-electron chi connectivity index (χ2n) is 7.88. The highest BCUT2D eigenvalue weighted by molar-refractivity contribution is 7.87. The number of hydrogen-bond acceptors (Lipinski definition) is 4. The standard InChI is InChI=1S/C21H38N4O2S/c1-5-11-25(12-6-2)28(26,27)22-20(4)10-13-23-14-16-24(17-15-23)21-9-7-8-19(3)18-21/h7-9,18,20,22H,5-6,10-17H2,1-4H3. The van der Waals surface area contributed by atoms with Crippen LogP contribution in [0.5, 0.6) is 0 Å². The Balaban J connectivity index is 1.77. The predicted molar refractivity (Wildman–Crippen MR) is 118 cm³/mol. The van der Waals surface area contributed by atoms with E-state index in [1.54, 1.807) is 4.31 Å². The molecule has 1 N–H and O–H groups in total. The third kappa shape index (κ3) is 7.03. The molecule has 0 bridgehead atoms. The maximum atomic E-state index is 12.6. The number of hydrogen-bond donors (Lipinski definition) is 1. The van der Waals surface area contributed by atoms with Crippen molar-refractivity contribution in [1.82, 2.24) is 13.9 Å². The fourth-order valence-corrected chi connectivity index (χ4v) is 5.29. The van der Waals surface area contributed by atoms with E-state index in [0.29, 0.717) is 13.1 Å². The normalized spacial score (nSPS) is 17.2. The van der Waals surface area contributed by atoms with E-state index in [9.17, 15) is 8.42 Å². The Morgan fingerprint density at radius 2 is 1.75 bits per heavy atom. The molecular formula is C21H38N4O2S. The second-order valence-corrected chi connectivity index (χ2v) is 9.58. The first-order chi connectivity index (χ1) is 13.4. The minimum Gasteiger partial charge on any atom is -0.369 e. The Morgan fingerprint density at radius 3 is 2.32 bits per heavy atom. The third-order valence-electron chi connectivity index (χ3n) is 5.25. The van der Waals surface area contributed by atoms with Gasteiger partial charge in [-0.25, -0.2) is 0 Å². The molecule has 2 rings (SSSR count). The largest absolute Gasteiger partial charge is 0.369 e. The van der Waals surface area contributed by atoms with Crippen molar-refractivity contribution in [3.63, 3.8) is 0 Å². The topological polar surface area (TPSA) is 55.9 Å². The highest BCUT2D eigenvalue weighted by Gasteiger charge is 2.23. The highest BCUT2D eigenvalue weighted by Crippen LogP contribution is 2.18. The van der Waals surface area contributed by atoms with Crippen molar-refractivity contribution in [3.05, 3.63) is 29.8 Å². The Hall–Kier alpha value is -1.15. The molecule has 28 heavy (non-hydrogen) atoms. The molecule has 0 aliphatic carbocycles. The quantitative estimate of drug-likeness (QED) is 0.609. The zero-order valence-corrected chi connectivity index (χ0v) is 18.8. The lowest BCUT2D eigenvalue weighted by Gasteiger charge is -2.36. The Morgan fingerprint density at radius 1 is 1.11 bits per heavy atom. The zero-order chi connectivity index (χ0) is 20.6. The van der Waals surface area contributed by atoms with Crippen LogP contribution in [0.1, 0.15) is 45.6 Å². The third-order valence-corrected chi connectivity index (χ3v) is 7.00. The molecule has 1 heterocycles. The Bertz CT molecular complexity index is 681. The molecule has 1 unspecified atom stereocenters. The summed E-state index contributed by atoms with van der Waals surface area (Å²) < 4.78 is 29.6. The van der Waals surface area contributed by atoms with Gasteiger partial charge in [-0.1, -0.05) is 26.0 Å². The smallest absolute Gasteiger partial charge is 0.279 e. The summed E-state index contributed by atoms with van der Waals surface area (Å²) in [5, 5.41) is 0. The van der Waals surface area contributed by atoms with Gasteiger partial charge in [-0.3, -0.25) is 4.90 Å². The average Bonchev–Trinajstić information content (AvgIpc) is 2.66. The van der Waals surface area contributed by atoms with Crippen molar-refractivity contribution in [1.29, 1.82) is 0 Å². The van der Waals surface area contributed by atoms with E-state index in [1.165, 1.54) is 11.3 Å². The molecule has 1 aliphatic heterocycles. The van der Waals surface area contributed by atoms with Crippen LogP contribution in [-0.4, -0.2) is 69.5 Å². The Labute approximate surface area is 172 Å². The van der Waals surface area contributed by atoms with Gasteiger partial charge in [0.05, 0.1) is 0 Å². The monoisotopic (exact) mass is 410 g/mol.